The molecule has 1 saturated heterocycles. The van der Waals surface area contributed by atoms with E-state index in [9.17, 15) is 19.5 Å². The first-order valence-corrected chi connectivity index (χ1v) is 8.46. The van der Waals surface area contributed by atoms with Crippen molar-refractivity contribution < 1.29 is 38.4 Å². The van der Waals surface area contributed by atoms with E-state index in [1.807, 2.05) is 0 Å². The Morgan fingerprint density at radius 3 is 2.15 bits per heavy atom. The number of hydrogen-bond acceptors (Lipinski definition) is 7. The van der Waals surface area contributed by atoms with Gasteiger partial charge in [0.25, 0.3) is 0 Å². The van der Waals surface area contributed by atoms with Gasteiger partial charge >= 0.3 is 17.9 Å². The summed E-state index contributed by atoms with van der Waals surface area (Å²) in [6.45, 7) is 8.03. The van der Waals surface area contributed by atoms with Gasteiger partial charge in [-0.3, -0.25) is 0 Å². The Labute approximate surface area is 157 Å². The molecule has 8 heteroatoms. The van der Waals surface area contributed by atoms with Crippen molar-refractivity contribution in [3.63, 3.8) is 0 Å². The summed E-state index contributed by atoms with van der Waals surface area (Å²) < 4.78 is 21.3. The molecule has 0 amide bonds. The number of benzene rings is 1. The maximum atomic E-state index is 12.6. The first kappa shape index (κ1) is 20.9. The van der Waals surface area contributed by atoms with Crippen LogP contribution in [0.25, 0.3) is 0 Å². The third kappa shape index (κ3) is 5.51. The molecule has 1 aromatic rings. The molecule has 2 rings (SSSR count). The Kier molecular flexibility index (Phi) is 5.91. The molecule has 1 aliphatic heterocycles. The summed E-state index contributed by atoms with van der Waals surface area (Å²) in [5.41, 5.74) is -0.403. The van der Waals surface area contributed by atoms with Gasteiger partial charge in [-0.25, -0.2) is 14.4 Å². The lowest BCUT2D eigenvalue weighted by Gasteiger charge is -2.25. The predicted octanol–water partition coefficient (Wildman–Crippen LogP) is 2.22. The Balaban J connectivity index is 2.25. The van der Waals surface area contributed by atoms with Crippen LogP contribution in [0, 0.1) is 0 Å². The van der Waals surface area contributed by atoms with E-state index in [-0.39, 0.29) is 0 Å². The molecule has 1 N–H and O–H groups in total. The Morgan fingerprint density at radius 1 is 1.07 bits per heavy atom. The van der Waals surface area contributed by atoms with Gasteiger partial charge in [-0.2, -0.15) is 0 Å². The molecule has 0 aromatic heterocycles. The normalized spacial score (nSPS) is 22.7. The zero-order valence-corrected chi connectivity index (χ0v) is 15.9. The molecule has 1 aromatic carbocycles. The Morgan fingerprint density at radius 2 is 1.63 bits per heavy atom. The molecule has 0 spiro atoms. The highest BCUT2D eigenvalue weighted by Crippen LogP contribution is 2.31. The highest BCUT2D eigenvalue weighted by atomic mass is 16.8. The van der Waals surface area contributed by atoms with Crippen LogP contribution in [0.4, 0.5) is 0 Å². The Bertz CT molecular complexity index is 704. The Hall–Kier alpha value is -2.45. The minimum absolute atomic E-state index is 0.394. The summed E-state index contributed by atoms with van der Waals surface area (Å²) in [6.07, 6.45) is -4.41. The minimum Gasteiger partial charge on any atom is -0.479 e. The average molecular weight is 380 g/mol. The van der Waals surface area contributed by atoms with Crippen molar-refractivity contribution >= 4 is 17.9 Å². The van der Waals surface area contributed by atoms with Crippen LogP contribution in [0.5, 0.6) is 0 Å². The summed E-state index contributed by atoms with van der Waals surface area (Å²) in [5.74, 6) is -4.43. The molecule has 27 heavy (non-hydrogen) atoms. The average Bonchev–Trinajstić information content (AvgIpc) is 2.87. The van der Waals surface area contributed by atoms with Gasteiger partial charge in [-0.15, -0.1) is 0 Å². The second-order valence-corrected chi connectivity index (χ2v) is 7.58. The smallest absolute Gasteiger partial charge is 0.352 e. The number of ether oxygens (including phenoxy) is 4. The van der Waals surface area contributed by atoms with Gasteiger partial charge in [0.2, 0.25) is 6.10 Å². The summed E-state index contributed by atoms with van der Waals surface area (Å²) >= 11 is 0. The zero-order valence-electron chi connectivity index (χ0n) is 15.9. The number of carbonyl (C=O) groups is 3. The second-order valence-electron chi connectivity index (χ2n) is 7.58. The van der Waals surface area contributed by atoms with Gasteiger partial charge in [0.1, 0.15) is 5.60 Å². The zero-order chi connectivity index (χ0) is 20.4. The fraction of sp³-hybridized carbons (Fsp3) is 0.526. The largest absolute Gasteiger partial charge is 0.479 e. The molecule has 0 aliphatic carbocycles. The molecule has 148 valence electrons. The molecule has 0 bridgehead atoms. The molecule has 8 nitrogen and oxygen atoms in total. The molecule has 0 radical (unpaired) electrons. The third-order valence-corrected chi connectivity index (χ3v) is 3.53. The number of rotatable bonds is 5. The second kappa shape index (κ2) is 7.66. The van der Waals surface area contributed by atoms with Crippen LogP contribution in [0.2, 0.25) is 0 Å². The van der Waals surface area contributed by atoms with Crippen molar-refractivity contribution in [3.05, 3.63) is 35.9 Å². The SMILES string of the molecule is CC(C)(C)OC(=O)[C@@H](OC(=O)[C@@H]1OC(C)(C)O[C@H]1C(=O)O)c1ccccc1. The molecule has 3 atom stereocenters. The van der Waals surface area contributed by atoms with Crippen LogP contribution in [0.3, 0.4) is 0 Å². The van der Waals surface area contributed by atoms with Crippen LogP contribution < -0.4 is 0 Å². The topological polar surface area (TPSA) is 108 Å². The lowest BCUT2D eigenvalue weighted by molar-refractivity contribution is -0.186. The number of carbonyl (C=O) groups excluding carboxylic acids is 2. The maximum absolute atomic E-state index is 12.6. The van der Waals surface area contributed by atoms with E-state index in [1.54, 1.807) is 51.1 Å². The first-order chi connectivity index (χ1) is 12.4. The standard InChI is InChI=1S/C19H24O8/c1-18(2,3)27-17(23)12(11-9-7-6-8-10-11)24-16(22)14-13(15(20)21)25-19(4,5)26-14/h6-10,12-14H,1-5H3,(H,20,21)/t12-,13+,14+/m0/s1. The third-order valence-electron chi connectivity index (χ3n) is 3.53. The van der Waals surface area contributed by atoms with Gasteiger partial charge in [0.05, 0.1) is 0 Å². The molecular formula is C19H24O8. The maximum Gasteiger partial charge on any atom is 0.352 e. The summed E-state index contributed by atoms with van der Waals surface area (Å²) in [7, 11) is 0. The number of hydrogen-bond donors (Lipinski definition) is 1. The lowest BCUT2D eigenvalue weighted by Crippen LogP contribution is -2.40. The fourth-order valence-corrected chi connectivity index (χ4v) is 2.53. The molecule has 1 heterocycles. The van der Waals surface area contributed by atoms with E-state index in [0.717, 1.165) is 0 Å². The quantitative estimate of drug-likeness (QED) is 0.775. The minimum atomic E-state index is -1.54. The van der Waals surface area contributed by atoms with Crippen LogP contribution in [0.1, 0.15) is 46.3 Å². The number of carboxylic acid groups (broad SMARTS) is 1. The molecule has 0 saturated carbocycles. The molecule has 1 fully saturated rings. The monoisotopic (exact) mass is 380 g/mol. The van der Waals surface area contributed by atoms with Crippen molar-refractivity contribution in [3.8, 4) is 0 Å². The van der Waals surface area contributed by atoms with E-state index >= 15 is 0 Å². The van der Waals surface area contributed by atoms with Gasteiger partial charge < -0.3 is 24.1 Å². The van der Waals surface area contributed by atoms with Crippen LogP contribution in [0.15, 0.2) is 30.3 Å². The van der Waals surface area contributed by atoms with Crippen molar-refractivity contribution in [1.82, 2.24) is 0 Å². The lowest BCUT2D eigenvalue weighted by atomic mass is 10.1. The number of aliphatic carboxylic acids is 1. The molecule has 1 aliphatic rings. The number of esters is 2. The van der Waals surface area contributed by atoms with E-state index in [2.05, 4.69) is 0 Å². The van der Waals surface area contributed by atoms with E-state index < -0.39 is 47.6 Å². The van der Waals surface area contributed by atoms with Gasteiger partial charge in [-0.1, -0.05) is 30.3 Å². The van der Waals surface area contributed by atoms with E-state index in [0.29, 0.717) is 5.56 Å². The van der Waals surface area contributed by atoms with Crippen LogP contribution >= 0.6 is 0 Å². The first-order valence-electron chi connectivity index (χ1n) is 8.46. The summed E-state index contributed by atoms with van der Waals surface area (Å²) in [4.78, 5) is 36.5. The summed E-state index contributed by atoms with van der Waals surface area (Å²) in [5, 5.41) is 9.27. The number of carboxylic acids is 1. The highest BCUT2D eigenvalue weighted by molar-refractivity contribution is 5.87. The van der Waals surface area contributed by atoms with Crippen LogP contribution in [-0.2, 0) is 33.3 Å². The van der Waals surface area contributed by atoms with Crippen molar-refractivity contribution in [2.24, 2.45) is 0 Å². The molecular weight excluding hydrogens is 356 g/mol. The van der Waals surface area contributed by atoms with Gasteiger partial charge in [0, 0.05) is 5.56 Å². The van der Waals surface area contributed by atoms with Gasteiger partial charge in [-0.05, 0) is 34.6 Å². The van der Waals surface area contributed by atoms with Crippen molar-refractivity contribution in [2.45, 2.75) is 64.3 Å². The van der Waals surface area contributed by atoms with Crippen molar-refractivity contribution in [1.29, 1.82) is 0 Å². The van der Waals surface area contributed by atoms with E-state index in [4.69, 9.17) is 18.9 Å². The fourth-order valence-electron chi connectivity index (χ4n) is 2.53. The predicted molar refractivity (Wildman–Crippen MR) is 92.6 cm³/mol. The highest BCUT2D eigenvalue weighted by Gasteiger charge is 2.51. The van der Waals surface area contributed by atoms with Crippen molar-refractivity contribution in [2.75, 3.05) is 0 Å². The van der Waals surface area contributed by atoms with E-state index in [1.165, 1.54) is 13.8 Å². The van der Waals surface area contributed by atoms with Crippen LogP contribution in [-0.4, -0.2) is 46.6 Å². The molecule has 0 unspecified atom stereocenters. The van der Waals surface area contributed by atoms with Gasteiger partial charge in [0.15, 0.2) is 18.0 Å². The summed E-state index contributed by atoms with van der Waals surface area (Å²) in [6, 6.07) is 8.31.